The minimum Gasteiger partial charge on any atom is -0.242 e. The predicted octanol–water partition coefficient (Wildman–Crippen LogP) is 2.50. The summed E-state index contributed by atoms with van der Waals surface area (Å²) in [6.45, 7) is 4.15. The van der Waals surface area contributed by atoms with Crippen molar-refractivity contribution in [2.45, 2.75) is 31.5 Å². The summed E-state index contributed by atoms with van der Waals surface area (Å²) in [5.41, 5.74) is 2.15. The van der Waals surface area contributed by atoms with E-state index in [1.165, 1.54) is 0 Å². The average Bonchev–Trinajstić information content (AvgIpc) is 2.04. The summed E-state index contributed by atoms with van der Waals surface area (Å²) in [7, 11) is 0. The first-order valence-electron chi connectivity index (χ1n) is 4.14. The fourth-order valence-electron chi connectivity index (χ4n) is 0.993. The minimum atomic E-state index is 0.534. The van der Waals surface area contributed by atoms with Crippen molar-refractivity contribution in [2.75, 3.05) is 0 Å². The maximum atomic E-state index is 4.19. The van der Waals surface area contributed by atoms with E-state index in [0.717, 1.165) is 24.2 Å². The molecule has 12 heavy (non-hydrogen) atoms. The molecule has 0 fully saturated rings. The fraction of sp³-hybridized carbons (Fsp3) is 0.556. The van der Waals surface area contributed by atoms with Gasteiger partial charge in [0.2, 0.25) is 0 Å². The van der Waals surface area contributed by atoms with Crippen molar-refractivity contribution in [3.05, 3.63) is 23.8 Å². The van der Waals surface area contributed by atoms with Gasteiger partial charge < -0.3 is 0 Å². The highest BCUT2D eigenvalue weighted by Crippen LogP contribution is 2.10. The van der Waals surface area contributed by atoms with Crippen LogP contribution in [0.3, 0.4) is 0 Å². The Labute approximate surface area is 81.6 Å². The first-order chi connectivity index (χ1) is 5.72. The monoisotopic (exact) mass is 228 g/mol. The topological polar surface area (TPSA) is 25.8 Å². The summed E-state index contributed by atoms with van der Waals surface area (Å²) in [5, 5.41) is 0. The fourth-order valence-corrected chi connectivity index (χ4v) is 1.32. The van der Waals surface area contributed by atoms with Gasteiger partial charge in [-0.3, -0.25) is 0 Å². The SMILES string of the molecule is CCC(Br)Cc1cc(C)ncn1. The quantitative estimate of drug-likeness (QED) is 0.744. The molecule has 0 aliphatic rings. The van der Waals surface area contributed by atoms with Crippen LogP contribution >= 0.6 is 15.9 Å². The summed E-state index contributed by atoms with van der Waals surface area (Å²) >= 11 is 3.58. The van der Waals surface area contributed by atoms with Crippen LogP contribution in [0.15, 0.2) is 12.4 Å². The molecule has 0 radical (unpaired) electrons. The highest BCUT2D eigenvalue weighted by atomic mass is 79.9. The van der Waals surface area contributed by atoms with Crippen molar-refractivity contribution < 1.29 is 0 Å². The molecule has 0 N–H and O–H groups in total. The Morgan fingerprint density at radius 1 is 1.50 bits per heavy atom. The molecule has 0 saturated carbocycles. The smallest absolute Gasteiger partial charge is 0.115 e. The summed E-state index contributed by atoms with van der Waals surface area (Å²) in [6, 6.07) is 2.03. The lowest BCUT2D eigenvalue weighted by molar-refractivity contribution is 0.802. The predicted molar refractivity (Wildman–Crippen MR) is 53.5 cm³/mol. The molecule has 1 unspecified atom stereocenters. The van der Waals surface area contributed by atoms with Crippen molar-refractivity contribution in [1.29, 1.82) is 0 Å². The van der Waals surface area contributed by atoms with E-state index in [-0.39, 0.29) is 0 Å². The summed E-state index contributed by atoms with van der Waals surface area (Å²) in [6.07, 6.45) is 3.74. The molecule has 2 nitrogen and oxygen atoms in total. The number of aryl methyl sites for hydroxylation is 1. The Morgan fingerprint density at radius 2 is 2.25 bits per heavy atom. The van der Waals surface area contributed by atoms with Crippen molar-refractivity contribution in [1.82, 2.24) is 9.97 Å². The Hall–Kier alpha value is -0.440. The second kappa shape index (κ2) is 4.55. The third-order valence-corrected chi connectivity index (χ3v) is 2.71. The van der Waals surface area contributed by atoms with Gasteiger partial charge in [0.25, 0.3) is 0 Å². The maximum absolute atomic E-state index is 4.19. The van der Waals surface area contributed by atoms with Gasteiger partial charge >= 0.3 is 0 Å². The van der Waals surface area contributed by atoms with Crippen LogP contribution in [0.2, 0.25) is 0 Å². The molecule has 1 aromatic heterocycles. The lowest BCUT2D eigenvalue weighted by Gasteiger charge is -2.05. The van der Waals surface area contributed by atoms with Crippen LogP contribution in [-0.2, 0) is 6.42 Å². The van der Waals surface area contributed by atoms with Crippen molar-refractivity contribution in [3.8, 4) is 0 Å². The Kier molecular flexibility index (Phi) is 3.66. The molecular formula is C9H13BrN2. The molecule has 66 valence electrons. The van der Waals surface area contributed by atoms with E-state index < -0.39 is 0 Å². The van der Waals surface area contributed by atoms with E-state index >= 15 is 0 Å². The van der Waals surface area contributed by atoms with Gasteiger partial charge in [-0.05, 0) is 19.4 Å². The number of halogens is 1. The largest absolute Gasteiger partial charge is 0.242 e. The van der Waals surface area contributed by atoms with Crippen LogP contribution in [0, 0.1) is 6.92 Å². The maximum Gasteiger partial charge on any atom is 0.115 e. The number of hydrogen-bond donors (Lipinski definition) is 0. The molecule has 0 aromatic carbocycles. The summed E-state index contributed by atoms with van der Waals surface area (Å²) < 4.78 is 0. The standard InChI is InChI=1S/C9H13BrN2/c1-3-8(10)5-9-4-7(2)11-6-12-9/h4,6,8H,3,5H2,1-2H3. The van der Waals surface area contributed by atoms with Gasteiger partial charge in [-0.25, -0.2) is 9.97 Å². The van der Waals surface area contributed by atoms with Gasteiger partial charge in [-0.2, -0.15) is 0 Å². The Bertz CT molecular complexity index is 250. The highest BCUT2D eigenvalue weighted by molar-refractivity contribution is 9.09. The van der Waals surface area contributed by atoms with Crippen LogP contribution < -0.4 is 0 Å². The van der Waals surface area contributed by atoms with Crippen molar-refractivity contribution >= 4 is 15.9 Å². The van der Waals surface area contributed by atoms with Gasteiger partial charge in [0, 0.05) is 22.6 Å². The van der Waals surface area contributed by atoms with E-state index in [2.05, 4.69) is 32.8 Å². The zero-order valence-electron chi connectivity index (χ0n) is 7.42. The van der Waals surface area contributed by atoms with Gasteiger partial charge in [-0.1, -0.05) is 22.9 Å². The summed E-state index contributed by atoms with van der Waals surface area (Å²) in [5.74, 6) is 0. The van der Waals surface area contributed by atoms with Crippen LogP contribution in [-0.4, -0.2) is 14.8 Å². The van der Waals surface area contributed by atoms with E-state index in [9.17, 15) is 0 Å². The molecule has 1 heterocycles. The van der Waals surface area contributed by atoms with Crippen LogP contribution in [0.4, 0.5) is 0 Å². The molecular weight excluding hydrogens is 216 g/mol. The average molecular weight is 229 g/mol. The Balaban J connectivity index is 2.63. The van der Waals surface area contributed by atoms with E-state index in [0.29, 0.717) is 4.83 Å². The number of alkyl halides is 1. The van der Waals surface area contributed by atoms with E-state index in [4.69, 9.17) is 0 Å². The minimum absolute atomic E-state index is 0.534. The van der Waals surface area contributed by atoms with Crippen molar-refractivity contribution in [2.24, 2.45) is 0 Å². The molecule has 0 saturated heterocycles. The molecule has 1 rings (SSSR count). The zero-order valence-corrected chi connectivity index (χ0v) is 9.00. The second-order valence-electron chi connectivity index (χ2n) is 2.86. The van der Waals surface area contributed by atoms with Gasteiger partial charge in [0.05, 0.1) is 0 Å². The molecule has 0 bridgehead atoms. The number of nitrogens with zero attached hydrogens (tertiary/aromatic N) is 2. The van der Waals surface area contributed by atoms with E-state index in [1.807, 2.05) is 13.0 Å². The van der Waals surface area contributed by atoms with Crippen LogP contribution in [0.25, 0.3) is 0 Å². The lowest BCUT2D eigenvalue weighted by Crippen LogP contribution is -2.03. The summed E-state index contributed by atoms with van der Waals surface area (Å²) in [4.78, 5) is 8.77. The van der Waals surface area contributed by atoms with Crippen LogP contribution in [0.1, 0.15) is 24.7 Å². The molecule has 0 aliphatic heterocycles. The van der Waals surface area contributed by atoms with E-state index in [1.54, 1.807) is 6.33 Å². The van der Waals surface area contributed by atoms with Gasteiger partial charge in [0.1, 0.15) is 6.33 Å². The second-order valence-corrected chi connectivity index (χ2v) is 4.16. The highest BCUT2D eigenvalue weighted by Gasteiger charge is 2.03. The molecule has 0 amide bonds. The third-order valence-electron chi connectivity index (χ3n) is 1.73. The molecule has 1 atom stereocenters. The molecule has 1 aromatic rings. The molecule has 0 aliphatic carbocycles. The third kappa shape index (κ3) is 2.89. The number of rotatable bonds is 3. The molecule has 3 heteroatoms. The Morgan fingerprint density at radius 3 is 2.83 bits per heavy atom. The lowest BCUT2D eigenvalue weighted by atomic mass is 10.2. The first kappa shape index (κ1) is 9.65. The van der Waals surface area contributed by atoms with Gasteiger partial charge in [-0.15, -0.1) is 0 Å². The van der Waals surface area contributed by atoms with Crippen molar-refractivity contribution in [3.63, 3.8) is 0 Å². The van der Waals surface area contributed by atoms with Crippen LogP contribution in [0.5, 0.6) is 0 Å². The number of aromatic nitrogens is 2. The first-order valence-corrected chi connectivity index (χ1v) is 5.05. The normalized spacial score (nSPS) is 12.9. The van der Waals surface area contributed by atoms with Gasteiger partial charge in [0.15, 0.2) is 0 Å². The number of hydrogen-bond acceptors (Lipinski definition) is 2. The molecule has 0 spiro atoms. The zero-order chi connectivity index (χ0) is 8.97.